The molecule has 134 valence electrons. The van der Waals surface area contributed by atoms with E-state index in [-0.39, 0.29) is 12.1 Å². The third-order valence-electron chi connectivity index (χ3n) is 4.50. The summed E-state index contributed by atoms with van der Waals surface area (Å²) in [7, 11) is 3.44. The van der Waals surface area contributed by atoms with E-state index in [0.29, 0.717) is 22.3 Å². The highest BCUT2D eigenvalue weighted by Crippen LogP contribution is 2.40. The van der Waals surface area contributed by atoms with Crippen LogP contribution >= 0.6 is 23.2 Å². The number of fused-ring (bicyclic) bond motifs is 1. The SMILES string of the molecule is CC(NC(=O)N(C)C1c2cc(Cl)cc(Cl)c2CC1O)c1nncn1C. The second-order valence-electron chi connectivity index (χ2n) is 6.25. The van der Waals surface area contributed by atoms with Gasteiger partial charge in [0, 0.05) is 30.6 Å². The molecule has 0 spiro atoms. The summed E-state index contributed by atoms with van der Waals surface area (Å²) in [5.74, 6) is 0.639. The van der Waals surface area contributed by atoms with E-state index in [9.17, 15) is 9.90 Å². The Hall–Kier alpha value is -1.83. The highest BCUT2D eigenvalue weighted by molar-refractivity contribution is 6.35. The Morgan fingerprint density at radius 2 is 2.20 bits per heavy atom. The van der Waals surface area contributed by atoms with Crippen molar-refractivity contribution in [2.45, 2.75) is 31.5 Å². The lowest BCUT2D eigenvalue weighted by Gasteiger charge is -2.29. The molecule has 3 unspecified atom stereocenters. The molecule has 1 aromatic carbocycles. The zero-order chi connectivity index (χ0) is 18.3. The van der Waals surface area contributed by atoms with Gasteiger partial charge in [0.15, 0.2) is 5.82 Å². The largest absolute Gasteiger partial charge is 0.390 e. The number of amides is 2. The number of urea groups is 1. The van der Waals surface area contributed by atoms with Crippen LogP contribution in [-0.2, 0) is 13.5 Å². The Labute approximate surface area is 155 Å². The fourth-order valence-corrected chi connectivity index (χ4v) is 3.85. The monoisotopic (exact) mass is 383 g/mol. The van der Waals surface area contributed by atoms with Crippen molar-refractivity contribution in [3.63, 3.8) is 0 Å². The van der Waals surface area contributed by atoms with Crippen molar-refractivity contribution in [3.8, 4) is 0 Å². The lowest BCUT2D eigenvalue weighted by atomic mass is 10.1. The van der Waals surface area contributed by atoms with Crippen LogP contribution < -0.4 is 5.32 Å². The highest BCUT2D eigenvalue weighted by Gasteiger charge is 2.38. The van der Waals surface area contributed by atoms with Gasteiger partial charge in [0.1, 0.15) is 6.33 Å². The third kappa shape index (κ3) is 3.31. The Kier molecular flexibility index (Phi) is 4.90. The topological polar surface area (TPSA) is 83.3 Å². The number of nitrogens with zero attached hydrogens (tertiary/aromatic N) is 4. The number of likely N-dealkylation sites (N-methyl/N-ethyl adjacent to an activating group) is 1. The molecule has 0 saturated carbocycles. The normalized spacial score (nSPS) is 20.2. The number of halogens is 2. The summed E-state index contributed by atoms with van der Waals surface area (Å²) >= 11 is 12.3. The number of hydrogen-bond acceptors (Lipinski definition) is 4. The maximum absolute atomic E-state index is 12.7. The van der Waals surface area contributed by atoms with Gasteiger partial charge in [-0.2, -0.15) is 0 Å². The van der Waals surface area contributed by atoms with Crippen LogP contribution in [0.1, 0.15) is 36.0 Å². The second-order valence-corrected chi connectivity index (χ2v) is 7.10. The number of rotatable bonds is 3. The van der Waals surface area contributed by atoms with Gasteiger partial charge in [0.25, 0.3) is 0 Å². The predicted octanol–water partition coefficient (Wildman–Crippen LogP) is 2.48. The van der Waals surface area contributed by atoms with Gasteiger partial charge in [-0.25, -0.2) is 4.79 Å². The first-order valence-corrected chi connectivity index (χ1v) is 8.58. The minimum atomic E-state index is -0.744. The van der Waals surface area contributed by atoms with Gasteiger partial charge in [-0.15, -0.1) is 10.2 Å². The van der Waals surface area contributed by atoms with Gasteiger partial charge in [-0.3, -0.25) is 0 Å². The van der Waals surface area contributed by atoms with Crippen LogP contribution in [0.15, 0.2) is 18.5 Å². The van der Waals surface area contributed by atoms with Crippen LogP contribution in [0.2, 0.25) is 10.0 Å². The van der Waals surface area contributed by atoms with Crippen molar-refractivity contribution < 1.29 is 9.90 Å². The smallest absolute Gasteiger partial charge is 0.318 e. The van der Waals surface area contributed by atoms with Crippen molar-refractivity contribution in [1.29, 1.82) is 0 Å². The number of carbonyl (C=O) groups is 1. The van der Waals surface area contributed by atoms with Crippen molar-refractivity contribution in [2.75, 3.05) is 7.05 Å². The highest BCUT2D eigenvalue weighted by atomic mass is 35.5. The van der Waals surface area contributed by atoms with E-state index in [2.05, 4.69) is 15.5 Å². The van der Waals surface area contributed by atoms with Crippen LogP contribution in [0, 0.1) is 0 Å². The second kappa shape index (κ2) is 6.82. The number of aromatic nitrogens is 3. The van der Waals surface area contributed by atoms with Crippen molar-refractivity contribution >= 4 is 29.2 Å². The molecule has 0 aliphatic heterocycles. The molecule has 25 heavy (non-hydrogen) atoms. The molecule has 1 aliphatic carbocycles. The Morgan fingerprint density at radius 1 is 1.48 bits per heavy atom. The molecule has 1 heterocycles. The van der Waals surface area contributed by atoms with Gasteiger partial charge in [0.05, 0.1) is 18.2 Å². The molecule has 7 nitrogen and oxygen atoms in total. The van der Waals surface area contributed by atoms with E-state index >= 15 is 0 Å². The first-order valence-electron chi connectivity index (χ1n) is 7.82. The molecule has 1 aromatic heterocycles. The molecule has 0 bridgehead atoms. The quantitative estimate of drug-likeness (QED) is 0.852. The molecule has 3 rings (SSSR count). The fourth-order valence-electron chi connectivity index (χ4n) is 3.26. The molecular weight excluding hydrogens is 365 g/mol. The van der Waals surface area contributed by atoms with Crippen LogP contribution in [0.5, 0.6) is 0 Å². The Bertz CT molecular complexity index is 810. The van der Waals surface area contributed by atoms with E-state index < -0.39 is 12.1 Å². The Balaban J connectivity index is 1.80. The van der Waals surface area contributed by atoms with Crippen molar-refractivity contribution in [1.82, 2.24) is 25.0 Å². The number of aliphatic hydroxyl groups is 1. The van der Waals surface area contributed by atoms with E-state index in [4.69, 9.17) is 23.2 Å². The first kappa shape index (κ1) is 18.0. The molecule has 2 amide bonds. The molecule has 1 aliphatic rings. The molecule has 3 atom stereocenters. The third-order valence-corrected chi connectivity index (χ3v) is 5.06. The standard InChI is InChI=1S/C16H19Cl2N5O2/c1-8(15-21-19-7-22(15)2)20-16(25)23(3)14-11-4-9(17)5-12(18)10(11)6-13(14)24/h4-5,7-8,13-14,24H,6H2,1-3H3,(H,20,25). The van der Waals surface area contributed by atoms with Gasteiger partial charge >= 0.3 is 6.03 Å². The van der Waals surface area contributed by atoms with Gasteiger partial charge < -0.3 is 19.9 Å². The van der Waals surface area contributed by atoms with E-state index in [1.54, 1.807) is 30.1 Å². The fraction of sp³-hybridized carbons (Fsp3) is 0.438. The van der Waals surface area contributed by atoms with Gasteiger partial charge in [-0.1, -0.05) is 23.2 Å². The number of benzene rings is 1. The van der Waals surface area contributed by atoms with Crippen LogP contribution in [0.4, 0.5) is 4.79 Å². The van der Waals surface area contributed by atoms with Gasteiger partial charge in [0.2, 0.25) is 0 Å². The lowest BCUT2D eigenvalue weighted by Crippen LogP contribution is -2.43. The van der Waals surface area contributed by atoms with Crippen LogP contribution in [-0.4, -0.2) is 44.0 Å². The van der Waals surface area contributed by atoms with E-state index in [0.717, 1.165) is 11.1 Å². The van der Waals surface area contributed by atoms with Crippen molar-refractivity contribution in [2.24, 2.45) is 7.05 Å². The number of aliphatic hydroxyl groups excluding tert-OH is 1. The predicted molar refractivity (Wildman–Crippen MR) is 94.6 cm³/mol. The lowest BCUT2D eigenvalue weighted by molar-refractivity contribution is 0.0883. The number of carbonyl (C=O) groups excluding carboxylic acids is 1. The van der Waals surface area contributed by atoms with E-state index in [1.165, 1.54) is 4.90 Å². The summed E-state index contributed by atoms with van der Waals surface area (Å²) < 4.78 is 1.74. The number of nitrogens with one attached hydrogen (secondary N) is 1. The van der Waals surface area contributed by atoms with Crippen LogP contribution in [0.25, 0.3) is 0 Å². The Morgan fingerprint density at radius 3 is 2.84 bits per heavy atom. The number of hydrogen-bond donors (Lipinski definition) is 2. The zero-order valence-corrected chi connectivity index (χ0v) is 15.6. The minimum Gasteiger partial charge on any atom is -0.390 e. The average Bonchev–Trinajstić information content (AvgIpc) is 3.09. The summed E-state index contributed by atoms with van der Waals surface area (Å²) in [4.78, 5) is 14.1. The molecule has 2 N–H and O–H groups in total. The molecule has 0 radical (unpaired) electrons. The van der Waals surface area contributed by atoms with Crippen molar-refractivity contribution in [3.05, 3.63) is 45.5 Å². The molecule has 0 fully saturated rings. The number of aryl methyl sites for hydroxylation is 1. The summed E-state index contributed by atoms with van der Waals surface area (Å²) in [6.45, 7) is 1.82. The molecule has 9 heteroatoms. The summed E-state index contributed by atoms with van der Waals surface area (Å²) in [6, 6.07) is 2.22. The van der Waals surface area contributed by atoms with Crippen LogP contribution in [0.3, 0.4) is 0 Å². The summed E-state index contributed by atoms with van der Waals surface area (Å²) in [5, 5.41) is 22.1. The first-order chi connectivity index (χ1) is 11.8. The molecule has 0 saturated heterocycles. The average molecular weight is 384 g/mol. The van der Waals surface area contributed by atoms with Gasteiger partial charge in [-0.05, 0) is 30.2 Å². The molecular formula is C16H19Cl2N5O2. The maximum atomic E-state index is 12.7. The zero-order valence-electron chi connectivity index (χ0n) is 14.1. The maximum Gasteiger partial charge on any atom is 0.318 e. The minimum absolute atomic E-state index is 0.330. The summed E-state index contributed by atoms with van der Waals surface area (Å²) in [5.41, 5.74) is 1.60. The van der Waals surface area contributed by atoms with E-state index in [1.807, 2.05) is 14.0 Å². The molecule has 2 aromatic rings. The summed E-state index contributed by atoms with van der Waals surface area (Å²) in [6.07, 6.45) is 1.21.